The van der Waals surface area contributed by atoms with Crippen LogP contribution in [-0.4, -0.2) is 5.71 Å². The Kier molecular flexibility index (Phi) is 7.50. The normalized spacial score (nSPS) is 16.6. The van der Waals surface area contributed by atoms with E-state index in [1.807, 2.05) is 25.3 Å². The van der Waals surface area contributed by atoms with Crippen molar-refractivity contribution in [1.82, 2.24) is 0 Å². The quantitative estimate of drug-likeness (QED) is 0.597. The highest BCUT2D eigenvalue weighted by Crippen LogP contribution is 2.28. The molecule has 126 valence electrons. The molecule has 2 nitrogen and oxygen atoms in total. The zero-order chi connectivity index (χ0) is 17.2. The SMILES string of the molecule is C/C=C\C=C(\Nc1cccs1)C1=NC=C(C2=CCC=C2)C1.CCC. The highest BCUT2D eigenvalue weighted by atomic mass is 32.1. The lowest BCUT2D eigenvalue weighted by Gasteiger charge is -2.10. The van der Waals surface area contributed by atoms with Gasteiger partial charge in [-0.15, -0.1) is 11.3 Å². The number of nitrogens with zero attached hydrogens (tertiary/aromatic N) is 1. The summed E-state index contributed by atoms with van der Waals surface area (Å²) < 4.78 is 0. The van der Waals surface area contributed by atoms with Gasteiger partial charge in [-0.3, -0.25) is 4.99 Å². The molecule has 3 heteroatoms. The van der Waals surface area contributed by atoms with Crippen molar-refractivity contribution in [3.63, 3.8) is 0 Å². The lowest BCUT2D eigenvalue weighted by molar-refractivity contribution is 1.09. The van der Waals surface area contributed by atoms with Crippen LogP contribution in [0.15, 0.2) is 82.0 Å². The number of rotatable bonds is 5. The van der Waals surface area contributed by atoms with Gasteiger partial charge in [-0.2, -0.15) is 0 Å². The fourth-order valence-corrected chi connectivity index (χ4v) is 2.98. The highest BCUT2D eigenvalue weighted by molar-refractivity contribution is 7.14. The maximum absolute atomic E-state index is 4.62. The Balaban J connectivity index is 0.000000647. The number of hydrogen-bond donors (Lipinski definition) is 1. The van der Waals surface area contributed by atoms with Crippen molar-refractivity contribution in [1.29, 1.82) is 0 Å². The van der Waals surface area contributed by atoms with Gasteiger partial charge in [0.15, 0.2) is 0 Å². The van der Waals surface area contributed by atoms with Crippen molar-refractivity contribution < 1.29 is 0 Å². The molecule has 2 aliphatic rings. The monoisotopic (exact) mass is 338 g/mol. The van der Waals surface area contributed by atoms with Crippen LogP contribution in [0.5, 0.6) is 0 Å². The van der Waals surface area contributed by atoms with Gasteiger partial charge in [0.25, 0.3) is 0 Å². The molecule has 1 aromatic rings. The second kappa shape index (κ2) is 9.89. The first kappa shape index (κ1) is 18.2. The molecule has 0 spiro atoms. The average molecular weight is 339 g/mol. The van der Waals surface area contributed by atoms with Crippen LogP contribution < -0.4 is 5.32 Å². The summed E-state index contributed by atoms with van der Waals surface area (Å²) in [5.41, 5.74) is 4.79. The second-order valence-electron chi connectivity index (χ2n) is 5.62. The van der Waals surface area contributed by atoms with Gasteiger partial charge < -0.3 is 5.32 Å². The topological polar surface area (TPSA) is 24.4 Å². The number of anilines is 1. The van der Waals surface area contributed by atoms with Crippen LogP contribution in [-0.2, 0) is 0 Å². The predicted octanol–water partition coefficient (Wildman–Crippen LogP) is 6.65. The smallest absolute Gasteiger partial charge is 0.0927 e. The van der Waals surface area contributed by atoms with Crippen LogP contribution in [0, 0.1) is 0 Å². The lowest BCUT2D eigenvalue weighted by Crippen LogP contribution is -2.09. The molecule has 0 saturated carbocycles. The van der Waals surface area contributed by atoms with Crippen molar-refractivity contribution in [3.05, 3.63) is 77.0 Å². The minimum absolute atomic E-state index is 0.887. The lowest BCUT2D eigenvalue weighted by atomic mass is 10.0. The Morgan fingerprint density at radius 3 is 2.83 bits per heavy atom. The van der Waals surface area contributed by atoms with Crippen LogP contribution >= 0.6 is 11.3 Å². The molecule has 24 heavy (non-hydrogen) atoms. The summed E-state index contributed by atoms with van der Waals surface area (Å²) in [5, 5.41) is 6.69. The van der Waals surface area contributed by atoms with E-state index >= 15 is 0 Å². The number of thiophene rings is 1. The minimum Gasteiger partial charge on any atom is -0.346 e. The maximum atomic E-state index is 4.62. The van der Waals surface area contributed by atoms with Gasteiger partial charge in [0.2, 0.25) is 0 Å². The fraction of sp³-hybridized carbons (Fsp3) is 0.286. The highest BCUT2D eigenvalue weighted by Gasteiger charge is 2.17. The van der Waals surface area contributed by atoms with Gasteiger partial charge in [-0.1, -0.05) is 50.6 Å². The molecule has 0 fully saturated rings. The third-order valence-electron chi connectivity index (χ3n) is 3.42. The molecule has 0 unspecified atom stereocenters. The molecular formula is C21H26N2S. The standard InChI is InChI=1S/C18H18N2S.C3H8/c1-2-3-9-16(20-18-10-6-11-21-18)17-12-15(13-19-17)14-7-4-5-8-14;1-3-2/h2-4,6-11,13,20H,5,12H2,1H3;3H2,1-2H3/b3-2-,16-9+;. The Labute approximate surface area is 149 Å². The molecular weight excluding hydrogens is 312 g/mol. The Bertz CT molecular complexity index is 698. The summed E-state index contributed by atoms with van der Waals surface area (Å²) >= 11 is 1.70. The Hall–Kier alpha value is -2.13. The van der Waals surface area contributed by atoms with Crippen LogP contribution in [0.3, 0.4) is 0 Å². The van der Waals surface area contributed by atoms with Crippen molar-refractivity contribution in [3.8, 4) is 0 Å². The number of nitrogens with one attached hydrogen (secondary N) is 1. The molecule has 1 aliphatic heterocycles. The Morgan fingerprint density at radius 2 is 2.21 bits per heavy atom. The van der Waals surface area contributed by atoms with Gasteiger partial charge in [0.1, 0.15) is 0 Å². The molecule has 0 bridgehead atoms. The molecule has 0 atom stereocenters. The predicted molar refractivity (Wildman–Crippen MR) is 109 cm³/mol. The first-order valence-electron chi connectivity index (χ1n) is 8.55. The van der Waals surface area contributed by atoms with Gasteiger partial charge in [0.05, 0.1) is 16.4 Å². The van der Waals surface area contributed by atoms with E-state index in [1.165, 1.54) is 17.6 Å². The fourth-order valence-electron chi connectivity index (χ4n) is 2.35. The van der Waals surface area contributed by atoms with E-state index in [-0.39, 0.29) is 0 Å². The second-order valence-corrected chi connectivity index (χ2v) is 6.57. The van der Waals surface area contributed by atoms with E-state index in [2.05, 4.69) is 66.0 Å². The number of hydrogen-bond acceptors (Lipinski definition) is 3. The zero-order valence-electron chi connectivity index (χ0n) is 14.8. The molecule has 0 aromatic carbocycles. The molecule has 1 aliphatic carbocycles. The summed E-state index contributed by atoms with van der Waals surface area (Å²) in [6.07, 6.45) is 18.0. The molecule has 1 N–H and O–H groups in total. The van der Waals surface area contributed by atoms with Crippen LogP contribution in [0.4, 0.5) is 5.00 Å². The van der Waals surface area contributed by atoms with Gasteiger partial charge in [-0.05, 0) is 48.1 Å². The molecule has 0 amide bonds. The van der Waals surface area contributed by atoms with Crippen LogP contribution in [0.25, 0.3) is 0 Å². The van der Waals surface area contributed by atoms with E-state index in [9.17, 15) is 0 Å². The summed E-state index contributed by atoms with van der Waals surface area (Å²) in [5.74, 6) is 0. The summed E-state index contributed by atoms with van der Waals surface area (Å²) in [4.78, 5) is 4.62. The van der Waals surface area contributed by atoms with E-state index < -0.39 is 0 Å². The van der Waals surface area contributed by atoms with E-state index in [1.54, 1.807) is 11.3 Å². The van der Waals surface area contributed by atoms with E-state index in [4.69, 9.17) is 0 Å². The van der Waals surface area contributed by atoms with Gasteiger partial charge in [-0.25, -0.2) is 0 Å². The van der Waals surface area contributed by atoms with Crippen LogP contribution in [0.1, 0.15) is 40.0 Å². The van der Waals surface area contributed by atoms with Crippen molar-refractivity contribution in [2.45, 2.75) is 40.0 Å². The van der Waals surface area contributed by atoms with Gasteiger partial charge in [0, 0.05) is 12.6 Å². The van der Waals surface area contributed by atoms with Crippen LogP contribution in [0.2, 0.25) is 0 Å². The van der Waals surface area contributed by atoms with Crippen molar-refractivity contribution in [2.75, 3.05) is 5.32 Å². The van der Waals surface area contributed by atoms with E-state index in [0.29, 0.717) is 0 Å². The van der Waals surface area contributed by atoms with Crippen molar-refractivity contribution >= 4 is 22.0 Å². The molecule has 0 saturated heterocycles. The molecule has 3 rings (SSSR count). The Morgan fingerprint density at radius 1 is 1.38 bits per heavy atom. The average Bonchev–Trinajstić information content (AvgIpc) is 3.34. The number of allylic oxidation sites excluding steroid dienone is 9. The first-order chi connectivity index (χ1) is 11.8. The minimum atomic E-state index is 0.887. The van der Waals surface area contributed by atoms with Gasteiger partial charge >= 0.3 is 0 Å². The van der Waals surface area contributed by atoms with E-state index in [0.717, 1.165) is 29.3 Å². The number of aliphatic imine (C=N–C) groups is 1. The summed E-state index contributed by atoms with van der Waals surface area (Å²) in [6, 6.07) is 4.13. The first-order valence-corrected chi connectivity index (χ1v) is 9.43. The summed E-state index contributed by atoms with van der Waals surface area (Å²) in [6.45, 7) is 6.27. The third-order valence-corrected chi connectivity index (χ3v) is 4.21. The summed E-state index contributed by atoms with van der Waals surface area (Å²) in [7, 11) is 0. The third kappa shape index (κ3) is 5.20. The van der Waals surface area contributed by atoms with Crippen molar-refractivity contribution in [2.24, 2.45) is 4.99 Å². The molecule has 1 aromatic heterocycles. The molecule has 0 radical (unpaired) electrons. The maximum Gasteiger partial charge on any atom is 0.0927 e. The molecule has 2 heterocycles. The largest absolute Gasteiger partial charge is 0.346 e. The zero-order valence-corrected chi connectivity index (χ0v) is 15.6.